The lowest BCUT2D eigenvalue weighted by Crippen LogP contribution is -1.81. The van der Waals surface area contributed by atoms with E-state index in [9.17, 15) is 5.11 Å². The molecule has 22 heavy (non-hydrogen) atoms. The van der Waals surface area contributed by atoms with E-state index in [4.69, 9.17) is 0 Å². The summed E-state index contributed by atoms with van der Waals surface area (Å²) in [5.74, 6) is 0.307. The Balaban J connectivity index is 1.87. The molecular formula is C21H16O. The molecule has 0 heterocycles. The molecule has 0 saturated carbocycles. The van der Waals surface area contributed by atoms with Crippen molar-refractivity contribution in [1.82, 2.24) is 0 Å². The van der Waals surface area contributed by atoms with Crippen LogP contribution in [0.15, 0.2) is 72.8 Å². The van der Waals surface area contributed by atoms with Gasteiger partial charge in [0.25, 0.3) is 0 Å². The van der Waals surface area contributed by atoms with Gasteiger partial charge in [0.2, 0.25) is 0 Å². The van der Waals surface area contributed by atoms with Crippen molar-refractivity contribution in [1.29, 1.82) is 0 Å². The molecule has 4 aromatic rings. The van der Waals surface area contributed by atoms with E-state index in [1.165, 1.54) is 27.5 Å². The molecule has 1 N–H and O–H groups in total. The minimum absolute atomic E-state index is 0.307. The molecule has 0 spiro atoms. The number of aromatic hydroxyl groups is 1. The quantitative estimate of drug-likeness (QED) is 0.477. The van der Waals surface area contributed by atoms with Crippen molar-refractivity contribution in [2.24, 2.45) is 0 Å². The molecule has 106 valence electrons. The first kappa shape index (κ1) is 12.9. The van der Waals surface area contributed by atoms with Gasteiger partial charge in [-0.25, -0.2) is 0 Å². The average molecular weight is 284 g/mol. The van der Waals surface area contributed by atoms with Crippen molar-refractivity contribution in [2.75, 3.05) is 0 Å². The summed E-state index contributed by atoms with van der Waals surface area (Å²) in [6.45, 7) is 2.12. The predicted octanol–water partition coefficient (Wildman–Crippen LogP) is 5.67. The summed E-state index contributed by atoms with van der Waals surface area (Å²) in [6, 6.07) is 24.9. The summed E-state index contributed by atoms with van der Waals surface area (Å²) < 4.78 is 0. The third kappa shape index (κ3) is 2.21. The molecule has 0 aromatic heterocycles. The van der Waals surface area contributed by atoms with Gasteiger partial charge in [-0.05, 0) is 63.9 Å². The zero-order chi connectivity index (χ0) is 15.1. The molecule has 0 saturated heterocycles. The summed E-state index contributed by atoms with van der Waals surface area (Å²) in [6.07, 6.45) is 0. The standard InChI is InChI=1S/C21H16O/c1-14-2-3-16-11-17(5-4-15(16)10-14)18-6-7-20-13-21(22)9-8-19(20)12-18/h2-13,22H,1H3. The van der Waals surface area contributed by atoms with Gasteiger partial charge in [0, 0.05) is 0 Å². The number of aryl methyl sites for hydroxylation is 1. The fourth-order valence-corrected chi connectivity index (χ4v) is 2.96. The summed E-state index contributed by atoms with van der Waals surface area (Å²) in [4.78, 5) is 0. The van der Waals surface area contributed by atoms with Crippen LogP contribution in [0.25, 0.3) is 32.7 Å². The van der Waals surface area contributed by atoms with Crippen LogP contribution in [0.4, 0.5) is 0 Å². The predicted molar refractivity (Wildman–Crippen MR) is 93.3 cm³/mol. The first-order valence-electron chi connectivity index (χ1n) is 7.43. The Hall–Kier alpha value is -2.80. The highest BCUT2D eigenvalue weighted by Gasteiger charge is 2.02. The van der Waals surface area contributed by atoms with Crippen molar-refractivity contribution in [3.05, 3.63) is 78.4 Å². The van der Waals surface area contributed by atoms with Crippen molar-refractivity contribution in [3.8, 4) is 16.9 Å². The van der Waals surface area contributed by atoms with E-state index in [0.717, 1.165) is 10.8 Å². The maximum absolute atomic E-state index is 9.56. The SMILES string of the molecule is Cc1ccc2cc(-c3ccc4cc(O)ccc4c3)ccc2c1. The van der Waals surface area contributed by atoms with Crippen molar-refractivity contribution < 1.29 is 5.11 Å². The van der Waals surface area contributed by atoms with Gasteiger partial charge in [-0.1, -0.05) is 54.1 Å². The van der Waals surface area contributed by atoms with Crippen LogP contribution in [-0.2, 0) is 0 Å². The number of hydrogen-bond donors (Lipinski definition) is 1. The van der Waals surface area contributed by atoms with Crippen molar-refractivity contribution >= 4 is 21.5 Å². The Kier molecular flexibility index (Phi) is 2.87. The Bertz CT molecular complexity index is 916. The zero-order valence-corrected chi connectivity index (χ0v) is 12.4. The number of fused-ring (bicyclic) bond motifs is 2. The zero-order valence-electron chi connectivity index (χ0n) is 12.4. The Morgan fingerprint density at radius 2 is 1.05 bits per heavy atom. The molecule has 0 aliphatic heterocycles. The second kappa shape index (κ2) is 4.88. The number of phenolic OH excluding ortho intramolecular Hbond substituents is 1. The molecule has 0 atom stereocenters. The smallest absolute Gasteiger partial charge is 0.116 e. The van der Waals surface area contributed by atoms with E-state index < -0.39 is 0 Å². The first-order chi connectivity index (χ1) is 10.7. The second-order valence-electron chi connectivity index (χ2n) is 5.81. The summed E-state index contributed by atoms with van der Waals surface area (Å²) in [5.41, 5.74) is 3.69. The van der Waals surface area contributed by atoms with Crippen LogP contribution in [0, 0.1) is 6.92 Å². The van der Waals surface area contributed by atoms with Crippen LogP contribution >= 0.6 is 0 Å². The highest BCUT2D eigenvalue weighted by Crippen LogP contribution is 2.29. The number of hydrogen-bond acceptors (Lipinski definition) is 1. The lowest BCUT2D eigenvalue weighted by Gasteiger charge is -2.07. The van der Waals surface area contributed by atoms with Crippen LogP contribution in [0.2, 0.25) is 0 Å². The highest BCUT2D eigenvalue weighted by atomic mass is 16.3. The molecule has 0 fully saturated rings. The van der Waals surface area contributed by atoms with E-state index in [-0.39, 0.29) is 0 Å². The molecule has 0 radical (unpaired) electrons. The summed E-state index contributed by atoms with van der Waals surface area (Å²) in [5, 5.41) is 14.3. The maximum Gasteiger partial charge on any atom is 0.116 e. The van der Waals surface area contributed by atoms with Gasteiger partial charge in [0.15, 0.2) is 0 Å². The fourth-order valence-electron chi connectivity index (χ4n) is 2.96. The van der Waals surface area contributed by atoms with Gasteiger partial charge in [-0.2, -0.15) is 0 Å². The van der Waals surface area contributed by atoms with Gasteiger partial charge in [0.05, 0.1) is 0 Å². The van der Waals surface area contributed by atoms with Gasteiger partial charge in [-0.3, -0.25) is 0 Å². The van der Waals surface area contributed by atoms with E-state index >= 15 is 0 Å². The van der Waals surface area contributed by atoms with Crippen molar-refractivity contribution in [3.63, 3.8) is 0 Å². The van der Waals surface area contributed by atoms with Gasteiger partial charge < -0.3 is 5.11 Å². The topological polar surface area (TPSA) is 20.2 Å². The van der Waals surface area contributed by atoms with E-state index in [2.05, 4.69) is 61.5 Å². The lowest BCUT2D eigenvalue weighted by molar-refractivity contribution is 0.476. The molecule has 0 amide bonds. The molecule has 0 unspecified atom stereocenters. The van der Waals surface area contributed by atoms with Crippen LogP contribution in [0.5, 0.6) is 5.75 Å². The van der Waals surface area contributed by atoms with Crippen LogP contribution in [-0.4, -0.2) is 5.11 Å². The molecule has 1 heteroatoms. The van der Waals surface area contributed by atoms with E-state index in [0.29, 0.717) is 5.75 Å². The van der Waals surface area contributed by atoms with Gasteiger partial charge >= 0.3 is 0 Å². The largest absolute Gasteiger partial charge is 0.508 e. The number of phenols is 1. The molecule has 1 nitrogen and oxygen atoms in total. The maximum atomic E-state index is 9.56. The van der Waals surface area contributed by atoms with Crippen molar-refractivity contribution in [2.45, 2.75) is 6.92 Å². The monoisotopic (exact) mass is 284 g/mol. The first-order valence-corrected chi connectivity index (χ1v) is 7.43. The third-order valence-corrected chi connectivity index (χ3v) is 4.15. The Morgan fingerprint density at radius 3 is 1.73 bits per heavy atom. The Morgan fingerprint density at radius 1 is 0.545 bits per heavy atom. The summed E-state index contributed by atoms with van der Waals surface area (Å²) in [7, 11) is 0. The Labute approximate surface area is 129 Å². The van der Waals surface area contributed by atoms with E-state index in [1.54, 1.807) is 12.1 Å². The van der Waals surface area contributed by atoms with Crippen LogP contribution in [0.3, 0.4) is 0 Å². The third-order valence-electron chi connectivity index (χ3n) is 4.15. The average Bonchev–Trinajstić information content (AvgIpc) is 2.54. The molecule has 0 aliphatic carbocycles. The molecule has 4 aromatic carbocycles. The molecule has 0 aliphatic rings. The number of benzene rings is 4. The van der Waals surface area contributed by atoms with Crippen LogP contribution in [0.1, 0.15) is 5.56 Å². The second-order valence-corrected chi connectivity index (χ2v) is 5.81. The fraction of sp³-hybridized carbons (Fsp3) is 0.0476. The minimum atomic E-state index is 0.307. The molecule has 0 bridgehead atoms. The minimum Gasteiger partial charge on any atom is -0.508 e. The van der Waals surface area contributed by atoms with Gasteiger partial charge in [-0.15, -0.1) is 0 Å². The van der Waals surface area contributed by atoms with E-state index in [1.807, 2.05) is 6.07 Å². The molecule has 4 rings (SSSR count). The summed E-state index contributed by atoms with van der Waals surface area (Å²) >= 11 is 0. The van der Waals surface area contributed by atoms with Gasteiger partial charge in [0.1, 0.15) is 5.75 Å². The van der Waals surface area contributed by atoms with Crippen LogP contribution < -0.4 is 0 Å². The molecular weight excluding hydrogens is 268 g/mol. The highest BCUT2D eigenvalue weighted by molar-refractivity contribution is 5.91. The lowest BCUT2D eigenvalue weighted by atomic mass is 9.98. The number of rotatable bonds is 1. The normalized spacial score (nSPS) is 11.1.